The molecular weight excluding hydrogens is 423 g/mol. The van der Waals surface area contributed by atoms with E-state index in [4.69, 9.17) is 9.47 Å². The van der Waals surface area contributed by atoms with Crippen LogP contribution in [0.25, 0.3) is 17.7 Å². The molecule has 0 radical (unpaired) electrons. The molecule has 0 atom stereocenters. The molecule has 1 aromatic heterocycles. The van der Waals surface area contributed by atoms with Gasteiger partial charge in [0.2, 0.25) is 11.7 Å². The summed E-state index contributed by atoms with van der Waals surface area (Å²) >= 11 is 0. The molecule has 1 amide bonds. The van der Waals surface area contributed by atoms with E-state index < -0.39 is 0 Å². The number of benzene rings is 2. The second-order valence-corrected chi connectivity index (χ2v) is 7.80. The van der Waals surface area contributed by atoms with E-state index in [1.165, 1.54) is 26.4 Å². The van der Waals surface area contributed by atoms with Crippen molar-refractivity contribution in [2.45, 2.75) is 6.42 Å². The fraction of sp³-hybridized carbons (Fsp3) is 0.192. The van der Waals surface area contributed by atoms with Gasteiger partial charge >= 0.3 is 0 Å². The van der Waals surface area contributed by atoms with Gasteiger partial charge in [0.15, 0.2) is 11.5 Å². The van der Waals surface area contributed by atoms with Gasteiger partial charge in [-0.3, -0.25) is 4.79 Å². The van der Waals surface area contributed by atoms with Crippen LogP contribution in [0.3, 0.4) is 0 Å². The maximum Gasteiger partial charge on any atom is 0.226 e. The Bertz CT molecular complexity index is 1250. The van der Waals surface area contributed by atoms with E-state index in [0.717, 1.165) is 33.5 Å². The minimum atomic E-state index is -0.327. The largest absolute Gasteiger partial charge is 0.502 e. The van der Waals surface area contributed by atoms with Crippen molar-refractivity contribution in [3.05, 3.63) is 82.4 Å². The molecule has 0 bridgehead atoms. The zero-order valence-corrected chi connectivity index (χ0v) is 18.7. The summed E-state index contributed by atoms with van der Waals surface area (Å²) in [6, 6.07) is 11.8. The number of carbonyl (C=O) groups is 1. The number of aromatic hydroxyl groups is 1. The van der Waals surface area contributed by atoms with Crippen LogP contribution in [0.15, 0.2) is 54.2 Å². The molecule has 0 fully saturated rings. The molecule has 170 valence electrons. The molecule has 0 unspecified atom stereocenters. The quantitative estimate of drug-likeness (QED) is 0.569. The molecule has 1 heterocycles. The number of halogens is 1. The number of nitrogens with one attached hydrogen (secondary N) is 1. The summed E-state index contributed by atoms with van der Waals surface area (Å²) in [7, 11) is 4.83. The van der Waals surface area contributed by atoms with Crippen molar-refractivity contribution in [3.8, 4) is 17.2 Å². The first kappa shape index (κ1) is 22.2. The number of rotatable bonds is 7. The molecule has 2 aromatic carbocycles. The summed E-state index contributed by atoms with van der Waals surface area (Å²) in [5.41, 5.74) is 4.94. The Labute approximate surface area is 191 Å². The van der Waals surface area contributed by atoms with E-state index in [2.05, 4.69) is 5.32 Å². The van der Waals surface area contributed by atoms with Crippen molar-refractivity contribution < 1.29 is 23.8 Å². The summed E-state index contributed by atoms with van der Waals surface area (Å²) in [6.07, 6.45) is 5.95. The van der Waals surface area contributed by atoms with E-state index in [-0.39, 0.29) is 41.9 Å². The lowest BCUT2D eigenvalue weighted by Crippen LogP contribution is -2.27. The predicted octanol–water partition coefficient (Wildman–Crippen LogP) is 4.18. The van der Waals surface area contributed by atoms with Crippen LogP contribution in [0.4, 0.5) is 4.39 Å². The van der Waals surface area contributed by atoms with Crippen LogP contribution in [-0.2, 0) is 18.3 Å². The smallest absolute Gasteiger partial charge is 0.226 e. The Morgan fingerprint density at radius 2 is 1.88 bits per heavy atom. The Morgan fingerprint density at radius 3 is 2.52 bits per heavy atom. The van der Waals surface area contributed by atoms with Gasteiger partial charge in [-0.25, -0.2) is 4.39 Å². The lowest BCUT2D eigenvalue weighted by molar-refractivity contribution is -0.120. The number of methoxy groups -OCH3 is 2. The van der Waals surface area contributed by atoms with Crippen molar-refractivity contribution in [1.82, 2.24) is 9.88 Å². The Balaban J connectivity index is 1.64. The van der Waals surface area contributed by atoms with Crippen LogP contribution in [0.5, 0.6) is 17.2 Å². The molecule has 6 nitrogen and oxygen atoms in total. The first-order valence-corrected chi connectivity index (χ1v) is 10.4. The third-order valence-electron chi connectivity index (χ3n) is 5.66. The van der Waals surface area contributed by atoms with Gasteiger partial charge in [0.25, 0.3) is 0 Å². The number of carbonyl (C=O) groups excluding carboxylic acids is 1. The monoisotopic (exact) mass is 448 g/mol. The molecule has 0 spiro atoms. The lowest BCUT2D eigenvalue weighted by atomic mass is 9.99. The fourth-order valence-electron chi connectivity index (χ4n) is 3.92. The highest BCUT2D eigenvalue weighted by atomic mass is 19.1. The summed E-state index contributed by atoms with van der Waals surface area (Å²) < 4.78 is 26.3. The van der Waals surface area contributed by atoms with Crippen LogP contribution in [0.1, 0.15) is 22.4 Å². The minimum Gasteiger partial charge on any atom is -0.502 e. The maximum atomic E-state index is 13.9. The van der Waals surface area contributed by atoms with E-state index in [1.807, 2.05) is 42.1 Å². The van der Waals surface area contributed by atoms with Crippen molar-refractivity contribution >= 4 is 23.6 Å². The van der Waals surface area contributed by atoms with E-state index in [9.17, 15) is 14.3 Å². The molecule has 33 heavy (non-hydrogen) atoms. The van der Waals surface area contributed by atoms with Gasteiger partial charge in [-0.05, 0) is 76.4 Å². The van der Waals surface area contributed by atoms with Gasteiger partial charge in [0.05, 0.1) is 20.6 Å². The standard InChI is InChI=1S/C26H25FN2O4/c1-29-8-4-5-20(29)14-25(30)28-15-18-12-17-13-19(27)6-7-21(17)22(18)9-16-10-23(32-2)26(31)24(11-16)33-3/h4-13,31H,14-15H2,1-3H3,(H,28,30)/b22-9-. The highest BCUT2D eigenvalue weighted by Gasteiger charge is 2.21. The zero-order valence-electron chi connectivity index (χ0n) is 18.7. The third kappa shape index (κ3) is 4.62. The van der Waals surface area contributed by atoms with Crippen LogP contribution >= 0.6 is 0 Å². The number of amides is 1. The Morgan fingerprint density at radius 1 is 1.15 bits per heavy atom. The van der Waals surface area contributed by atoms with Gasteiger partial charge in [-0.2, -0.15) is 0 Å². The number of nitrogens with zero attached hydrogens (tertiary/aromatic N) is 1. The molecule has 0 saturated carbocycles. The Hall–Kier alpha value is -4.00. The summed E-state index contributed by atoms with van der Waals surface area (Å²) in [6.45, 7) is 0.289. The number of phenols is 1. The Kier molecular flexibility index (Phi) is 6.22. The third-order valence-corrected chi connectivity index (χ3v) is 5.66. The van der Waals surface area contributed by atoms with E-state index in [0.29, 0.717) is 0 Å². The van der Waals surface area contributed by atoms with E-state index >= 15 is 0 Å². The molecule has 0 saturated heterocycles. The van der Waals surface area contributed by atoms with Crippen molar-refractivity contribution in [1.29, 1.82) is 0 Å². The SMILES string of the molecule is COc1cc(/C=C2/C(CNC(=O)Cc3cccn3C)=Cc3cc(F)ccc32)cc(OC)c1O. The molecule has 1 aliphatic rings. The van der Waals surface area contributed by atoms with E-state index in [1.54, 1.807) is 18.2 Å². The number of phenolic OH excluding ortho intramolecular Hbond substituents is 1. The van der Waals surface area contributed by atoms with Crippen LogP contribution in [0, 0.1) is 5.82 Å². The van der Waals surface area contributed by atoms with Gasteiger partial charge < -0.3 is 24.5 Å². The highest BCUT2D eigenvalue weighted by Crippen LogP contribution is 2.41. The van der Waals surface area contributed by atoms with Crippen molar-refractivity contribution in [2.24, 2.45) is 7.05 Å². The average molecular weight is 448 g/mol. The first-order valence-electron chi connectivity index (χ1n) is 10.4. The number of hydrogen-bond acceptors (Lipinski definition) is 4. The van der Waals surface area contributed by atoms with Crippen LogP contribution in [-0.4, -0.2) is 36.3 Å². The molecule has 7 heteroatoms. The number of aryl methyl sites for hydroxylation is 1. The first-order chi connectivity index (χ1) is 15.9. The summed E-state index contributed by atoms with van der Waals surface area (Å²) in [5, 5.41) is 13.2. The zero-order chi connectivity index (χ0) is 23.5. The maximum absolute atomic E-state index is 13.9. The van der Waals surface area contributed by atoms with Gasteiger partial charge in [-0.15, -0.1) is 0 Å². The van der Waals surface area contributed by atoms with Crippen molar-refractivity contribution in [2.75, 3.05) is 20.8 Å². The van der Waals surface area contributed by atoms with Gasteiger partial charge in [0.1, 0.15) is 5.82 Å². The second kappa shape index (κ2) is 9.24. The molecular formula is C26H25FN2O4. The number of ether oxygens (including phenoxy) is 2. The van der Waals surface area contributed by atoms with Crippen LogP contribution in [0.2, 0.25) is 0 Å². The highest BCUT2D eigenvalue weighted by molar-refractivity contribution is 6.02. The van der Waals surface area contributed by atoms with Crippen LogP contribution < -0.4 is 14.8 Å². The molecule has 1 aliphatic carbocycles. The normalized spacial score (nSPS) is 13.6. The number of aromatic nitrogens is 1. The molecule has 2 N–H and O–H groups in total. The average Bonchev–Trinajstić information content (AvgIpc) is 3.35. The summed E-state index contributed by atoms with van der Waals surface area (Å²) in [4.78, 5) is 12.5. The fourth-order valence-corrected chi connectivity index (χ4v) is 3.92. The summed E-state index contributed by atoms with van der Waals surface area (Å²) in [5.74, 6) is 0.0399. The molecule has 4 rings (SSSR count). The lowest BCUT2D eigenvalue weighted by Gasteiger charge is -2.12. The number of hydrogen-bond donors (Lipinski definition) is 2. The van der Waals surface area contributed by atoms with Gasteiger partial charge in [-0.1, -0.05) is 6.07 Å². The topological polar surface area (TPSA) is 72.7 Å². The minimum absolute atomic E-state index is 0.0836. The number of fused-ring (bicyclic) bond motifs is 1. The molecule has 3 aromatic rings. The molecule has 0 aliphatic heterocycles. The second-order valence-electron chi connectivity index (χ2n) is 7.80. The predicted molar refractivity (Wildman–Crippen MR) is 126 cm³/mol. The van der Waals surface area contributed by atoms with Gasteiger partial charge in [0, 0.05) is 25.5 Å². The van der Waals surface area contributed by atoms with Crippen molar-refractivity contribution in [3.63, 3.8) is 0 Å².